The number of rotatable bonds is 1. The predicted molar refractivity (Wildman–Crippen MR) is 85.7 cm³/mol. The van der Waals surface area contributed by atoms with Crippen molar-refractivity contribution in [3.05, 3.63) is 34.3 Å². The van der Waals surface area contributed by atoms with Crippen LogP contribution < -0.4 is 0 Å². The zero-order valence-electron chi connectivity index (χ0n) is 12.2. The van der Waals surface area contributed by atoms with Crippen LogP contribution in [0.3, 0.4) is 0 Å². The first-order valence-corrected chi connectivity index (χ1v) is 8.73. The zero-order chi connectivity index (χ0) is 16.7. The molecule has 1 aromatic rings. The molecular formula is C15H16ClF3N2OS. The van der Waals surface area contributed by atoms with Crippen LogP contribution in [0.15, 0.2) is 23.2 Å². The number of thioether (sulfide) groups is 1. The molecule has 2 aliphatic rings. The number of alkyl halides is 3. The summed E-state index contributed by atoms with van der Waals surface area (Å²) in [4.78, 5) is 6.14. The summed E-state index contributed by atoms with van der Waals surface area (Å²) >= 11 is 7.48. The van der Waals surface area contributed by atoms with Crippen molar-refractivity contribution in [2.24, 2.45) is 4.99 Å². The first-order valence-electron chi connectivity index (χ1n) is 7.37. The minimum atomic E-state index is -4.48. The Morgan fingerprint density at radius 1 is 1.26 bits per heavy atom. The Morgan fingerprint density at radius 3 is 2.78 bits per heavy atom. The highest BCUT2D eigenvalue weighted by Crippen LogP contribution is 2.44. The second-order valence-electron chi connectivity index (χ2n) is 5.67. The third-order valence-corrected chi connectivity index (χ3v) is 5.58. The van der Waals surface area contributed by atoms with E-state index < -0.39 is 17.5 Å². The maximum Gasteiger partial charge on any atom is 0.416 e. The number of aliphatic imine (C=N–C) groups is 1. The summed E-state index contributed by atoms with van der Waals surface area (Å²) in [6.07, 6.45) is -1.65. The second-order valence-corrected chi connectivity index (χ2v) is 7.02. The lowest BCUT2D eigenvalue weighted by Gasteiger charge is -2.36. The van der Waals surface area contributed by atoms with Gasteiger partial charge in [-0.15, -0.1) is 0 Å². The molecule has 0 saturated carbocycles. The number of nitrogens with zero attached hydrogens (tertiary/aromatic N) is 2. The lowest BCUT2D eigenvalue weighted by atomic mass is 9.99. The normalized spacial score (nSPS) is 27.9. The van der Waals surface area contributed by atoms with Gasteiger partial charge in [-0.2, -0.15) is 13.2 Å². The highest BCUT2D eigenvalue weighted by Gasteiger charge is 2.46. The largest absolute Gasteiger partial charge is 0.416 e. The number of aliphatic hydroxyl groups is 1. The van der Waals surface area contributed by atoms with Crippen LogP contribution in [0.1, 0.15) is 30.4 Å². The second kappa shape index (κ2) is 6.18. The van der Waals surface area contributed by atoms with Gasteiger partial charge < -0.3 is 10.0 Å². The molecule has 0 spiro atoms. The SMILES string of the molecule is OC1(c2cc(C(F)(F)F)ccc2Cl)CS/C2=N/CCCCCN21. The number of fused-ring (bicyclic) bond motifs is 1. The van der Waals surface area contributed by atoms with Crippen molar-refractivity contribution in [3.8, 4) is 0 Å². The van der Waals surface area contributed by atoms with Crippen molar-refractivity contribution in [3.63, 3.8) is 0 Å². The average Bonchev–Trinajstić information content (AvgIpc) is 2.74. The topological polar surface area (TPSA) is 35.8 Å². The van der Waals surface area contributed by atoms with Gasteiger partial charge in [0.15, 0.2) is 10.9 Å². The first-order chi connectivity index (χ1) is 10.8. The maximum absolute atomic E-state index is 13.0. The average molecular weight is 365 g/mol. The molecule has 126 valence electrons. The molecule has 0 aromatic heterocycles. The Bertz CT molecular complexity index is 638. The van der Waals surface area contributed by atoms with Gasteiger partial charge in [0.25, 0.3) is 0 Å². The molecule has 1 aromatic carbocycles. The number of amidine groups is 1. The summed E-state index contributed by atoms with van der Waals surface area (Å²) in [7, 11) is 0. The highest BCUT2D eigenvalue weighted by molar-refractivity contribution is 8.14. The van der Waals surface area contributed by atoms with Crippen molar-refractivity contribution in [1.29, 1.82) is 0 Å². The van der Waals surface area contributed by atoms with Gasteiger partial charge in [0, 0.05) is 23.7 Å². The van der Waals surface area contributed by atoms with Gasteiger partial charge in [0.05, 0.1) is 11.3 Å². The number of hydrogen-bond acceptors (Lipinski definition) is 4. The van der Waals surface area contributed by atoms with Crippen LogP contribution in [0.25, 0.3) is 0 Å². The highest BCUT2D eigenvalue weighted by atomic mass is 35.5. The van der Waals surface area contributed by atoms with Crippen LogP contribution in [0.2, 0.25) is 5.02 Å². The summed E-state index contributed by atoms with van der Waals surface area (Å²) in [5.41, 5.74) is -2.28. The minimum Gasteiger partial charge on any atom is -0.366 e. The van der Waals surface area contributed by atoms with Gasteiger partial charge in [0.1, 0.15) is 0 Å². The van der Waals surface area contributed by atoms with E-state index in [4.69, 9.17) is 11.6 Å². The molecule has 1 saturated heterocycles. The van der Waals surface area contributed by atoms with Gasteiger partial charge in [-0.1, -0.05) is 23.4 Å². The molecule has 0 amide bonds. The van der Waals surface area contributed by atoms with Crippen LogP contribution >= 0.6 is 23.4 Å². The van der Waals surface area contributed by atoms with E-state index >= 15 is 0 Å². The van der Waals surface area contributed by atoms with E-state index in [1.165, 1.54) is 17.8 Å². The van der Waals surface area contributed by atoms with E-state index in [2.05, 4.69) is 4.99 Å². The standard InChI is InChI=1S/C15H16ClF3N2OS/c16-12-5-4-10(15(17,18)19)8-11(12)14(22)9-23-13-20-6-2-1-3-7-21(13)14/h4-5,8,22H,1-3,6-7,9H2/b20-13+. The maximum atomic E-state index is 13.0. The van der Waals surface area contributed by atoms with Gasteiger partial charge >= 0.3 is 6.18 Å². The number of benzene rings is 1. The monoisotopic (exact) mass is 364 g/mol. The van der Waals surface area contributed by atoms with Crippen molar-refractivity contribution < 1.29 is 18.3 Å². The quantitative estimate of drug-likeness (QED) is 0.815. The summed E-state index contributed by atoms with van der Waals surface area (Å²) in [6.45, 7) is 1.22. The molecule has 2 aliphatic heterocycles. The molecule has 0 bridgehead atoms. The molecule has 1 fully saturated rings. The van der Waals surface area contributed by atoms with Crippen molar-refractivity contribution in [1.82, 2.24) is 4.90 Å². The fourth-order valence-corrected chi connectivity index (χ4v) is 4.35. The van der Waals surface area contributed by atoms with Crippen molar-refractivity contribution in [2.45, 2.75) is 31.2 Å². The van der Waals surface area contributed by atoms with Gasteiger partial charge in [-0.05, 0) is 37.5 Å². The summed E-state index contributed by atoms with van der Waals surface area (Å²) < 4.78 is 39.0. The van der Waals surface area contributed by atoms with E-state index in [0.29, 0.717) is 18.3 Å². The Balaban J connectivity index is 2.04. The summed E-state index contributed by atoms with van der Waals surface area (Å²) in [5.74, 6) is 0.215. The van der Waals surface area contributed by atoms with E-state index in [9.17, 15) is 18.3 Å². The molecule has 2 heterocycles. The minimum absolute atomic E-state index is 0.0901. The number of halogens is 4. The molecule has 3 rings (SSSR count). The molecule has 3 nitrogen and oxygen atoms in total. The van der Waals surface area contributed by atoms with E-state index in [1.54, 1.807) is 4.90 Å². The Hall–Kier alpha value is -0.920. The smallest absolute Gasteiger partial charge is 0.366 e. The molecule has 1 unspecified atom stereocenters. The van der Waals surface area contributed by atoms with E-state index in [-0.39, 0.29) is 16.3 Å². The first kappa shape index (κ1) is 16.9. The Morgan fingerprint density at radius 2 is 2.04 bits per heavy atom. The third-order valence-electron chi connectivity index (χ3n) is 4.09. The third kappa shape index (κ3) is 3.19. The van der Waals surface area contributed by atoms with Crippen molar-refractivity contribution in [2.75, 3.05) is 18.8 Å². The molecule has 1 atom stereocenters. The molecular weight excluding hydrogens is 349 g/mol. The van der Waals surface area contributed by atoms with Gasteiger partial charge in [0.2, 0.25) is 0 Å². The Kier molecular flexibility index (Phi) is 4.55. The van der Waals surface area contributed by atoms with Crippen LogP contribution in [-0.4, -0.2) is 34.0 Å². The van der Waals surface area contributed by atoms with Gasteiger partial charge in [-0.25, -0.2) is 0 Å². The summed E-state index contributed by atoms with van der Waals surface area (Å²) in [6, 6.07) is 3.08. The van der Waals surface area contributed by atoms with Crippen LogP contribution in [0.5, 0.6) is 0 Å². The van der Waals surface area contributed by atoms with E-state index in [0.717, 1.165) is 31.4 Å². The fourth-order valence-electron chi connectivity index (χ4n) is 2.86. The molecule has 8 heteroatoms. The van der Waals surface area contributed by atoms with Crippen LogP contribution in [0, 0.1) is 0 Å². The summed E-state index contributed by atoms with van der Waals surface area (Å²) in [5, 5.41) is 11.9. The van der Waals surface area contributed by atoms with E-state index in [1.807, 2.05) is 0 Å². The van der Waals surface area contributed by atoms with Gasteiger partial charge in [-0.3, -0.25) is 4.99 Å². The molecule has 0 aliphatic carbocycles. The molecule has 0 radical (unpaired) electrons. The predicted octanol–water partition coefficient (Wildman–Crippen LogP) is 4.09. The molecule has 23 heavy (non-hydrogen) atoms. The zero-order valence-corrected chi connectivity index (χ0v) is 13.8. The van der Waals surface area contributed by atoms with Crippen LogP contribution in [-0.2, 0) is 11.9 Å². The lowest BCUT2D eigenvalue weighted by Crippen LogP contribution is -2.46. The molecule has 1 N–H and O–H groups in total. The fraction of sp³-hybridized carbons (Fsp3) is 0.533. The van der Waals surface area contributed by atoms with Crippen LogP contribution in [0.4, 0.5) is 13.2 Å². The van der Waals surface area contributed by atoms with Crippen molar-refractivity contribution >= 4 is 28.5 Å². The lowest BCUT2D eigenvalue weighted by molar-refractivity contribution is -0.137. The Labute approximate surface area is 141 Å². The number of hydrogen-bond donors (Lipinski definition) is 1.